The first kappa shape index (κ1) is 29.0. The van der Waals surface area contributed by atoms with Crippen molar-refractivity contribution < 1.29 is 22.4 Å². The molecule has 5 rings (SSSR count). The van der Waals surface area contributed by atoms with Gasteiger partial charge in [0, 0.05) is 56.1 Å². The van der Waals surface area contributed by atoms with E-state index >= 15 is 0 Å². The Hall–Kier alpha value is -3.52. The SMILES string of the molecule is CS(=O)(=O)N1CCN(C(=O)[C@H](CCCN[C@@H]2C[C@H]2c2ccc(F)cc2)NC(=O)c2ccc(N3C=CNN3)cc2)CC1. The number of benzene rings is 2. The summed E-state index contributed by atoms with van der Waals surface area (Å²) < 4.78 is 38.4. The lowest BCUT2D eigenvalue weighted by molar-refractivity contribution is -0.134. The number of nitrogens with one attached hydrogen (secondary N) is 4. The summed E-state index contributed by atoms with van der Waals surface area (Å²) in [5.74, 6) is -0.456. The fraction of sp³-hybridized carbons (Fsp3) is 0.429. The molecule has 0 radical (unpaired) electrons. The predicted octanol–water partition coefficient (Wildman–Crippen LogP) is 1.25. The Kier molecular flexibility index (Phi) is 8.88. The molecular formula is C28H36FN7O4S. The largest absolute Gasteiger partial charge is 0.340 e. The van der Waals surface area contributed by atoms with Crippen molar-refractivity contribution in [1.82, 2.24) is 30.8 Å². The van der Waals surface area contributed by atoms with E-state index in [0.717, 1.165) is 17.7 Å². The number of hydrazine groups is 2. The van der Waals surface area contributed by atoms with Gasteiger partial charge in [-0.1, -0.05) is 12.1 Å². The van der Waals surface area contributed by atoms with E-state index in [2.05, 4.69) is 21.6 Å². The van der Waals surface area contributed by atoms with Crippen LogP contribution < -0.4 is 26.6 Å². The molecule has 0 aromatic heterocycles. The third kappa shape index (κ3) is 7.41. The summed E-state index contributed by atoms with van der Waals surface area (Å²) >= 11 is 0. The lowest BCUT2D eigenvalue weighted by Crippen LogP contribution is -2.55. The third-order valence-corrected chi connectivity index (χ3v) is 8.99. The van der Waals surface area contributed by atoms with Gasteiger partial charge in [-0.15, -0.1) is 5.53 Å². The minimum Gasteiger partial charge on any atom is -0.340 e. The zero-order valence-electron chi connectivity index (χ0n) is 22.9. The molecule has 1 saturated carbocycles. The smallest absolute Gasteiger partial charge is 0.251 e. The number of nitrogens with zero attached hydrogens (tertiary/aromatic N) is 3. The maximum Gasteiger partial charge on any atom is 0.251 e. The third-order valence-electron chi connectivity index (χ3n) is 7.69. The van der Waals surface area contributed by atoms with E-state index in [-0.39, 0.29) is 43.8 Å². The number of hydrogen-bond acceptors (Lipinski definition) is 8. The Labute approximate surface area is 239 Å². The summed E-state index contributed by atoms with van der Waals surface area (Å²) in [4.78, 5) is 28.3. The Balaban J connectivity index is 1.17. The number of amides is 2. The molecule has 3 aliphatic rings. The van der Waals surface area contributed by atoms with Crippen LogP contribution >= 0.6 is 0 Å². The molecule has 13 heteroatoms. The Morgan fingerprint density at radius 3 is 2.39 bits per heavy atom. The lowest BCUT2D eigenvalue weighted by atomic mass is 10.1. The molecule has 0 spiro atoms. The van der Waals surface area contributed by atoms with E-state index in [9.17, 15) is 22.4 Å². The first-order chi connectivity index (χ1) is 19.7. The van der Waals surface area contributed by atoms with Gasteiger partial charge in [-0.3, -0.25) is 14.6 Å². The predicted molar refractivity (Wildman–Crippen MR) is 153 cm³/mol. The molecule has 2 heterocycles. The highest BCUT2D eigenvalue weighted by Crippen LogP contribution is 2.40. The number of hydrogen-bond donors (Lipinski definition) is 4. The van der Waals surface area contributed by atoms with Crippen molar-refractivity contribution in [2.45, 2.75) is 37.3 Å². The second-order valence-electron chi connectivity index (χ2n) is 10.6. The first-order valence-corrected chi connectivity index (χ1v) is 15.6. The monoisotopic (exact) mass is 585 g/mol. The van der Waals surface area contributed by atoms with Gasteiger partial charge in [0.05, 0.1) is 11.9 Å². The Bertz CT molecular complexity index is 1360. The van der Waals surface area contributed by atoms with Crippen molar-refractivity contribution >= 4 is 27.5 Å². The zero-order valence-corrected chi connectivity index (χ0v) is 23.7. The minimum absolute atomic E-state index is 0.212. The van der Waals surface area contributed by atoms with Crippen molar-refractivity contribution in [1.29, 1.82) is 0 Å². The van der Waals surface area contributed by atoms with Gasteiger partial charge >= 0.3 is 0 Å². The van der Waals surface area contributed by atoms with Crippen molar-refractivity contribution in [3.05, 3.63) is 77.9 Å². The normalized spacial score (nSPS) is 21.4. The van der Waals surface area contributed by atoms with Crippen LogP contribution in [0, 0.1) is 5.82 Å². The fourth-order valence-corrected chi connectivity index (χ4v) is 6.06. The number of anilines is 1. The number of rotatable bonds is 11. The molecule has 11 nitrogen and oxygen atoms in total. The minimum atomic E-state index is -3.32. The Morgan fingerprint density at radius 2 is 1.76 bits per heavy atom. The van der Waals surface area contributed by atoms with Gasteiger partial charge < -0.3 is 21.0 Å². The standard InChI is InChI=1S/C28H36FN7O4S/c1-41(39,40)35-17-15-34(16-18-35)28(38)25(3-2-12-30-26-19-24(26)20-4-8-22(29)9-5-20)32-27(37)21-6-10-23(11-7-21)36-14-13-31-33-36/h4-11,13-14,24-26,30-31,33H,2-3,12,15-19H2,1H3,(H,32,37)/t24-,25-,26+/m0/s1. The van der Waals surface area contributed by atoms with Crippen LogP contribution in [0.25, 0.3) is 0 Å². The molecule has 220 valence electrons. The summed E-state index contributed by atoms with van der Waals surface area (Å²) in [5, 5.41) is 8.19. The highest BCUT2D eigenvalue weighted by atomic mass is 32.2. The molecule has 2 aromatic carbocycles. The molecule has 2 fully saturated rings. The van der Waals surface area contributed by atoms with Crippen LogP contribution in [0.2, 0.25) is 0 Å². The molecule has 41 heavy (non-hydrogen) atoms. The number of sulfonamides is 1. The average molecular weight is 586 g/mol. The van der Waals surface area contributed by atoms with Crippen molar-refractivity contribution in [2.75, 3.05) is 44.0 Å². The molecule has 2 amide bonds. The first-order valence-electron chi connectivity index (χ1n) is 13.8. The number of carbonyl (C=O) groups excluding carboxylic acids is 2. The molecule has 0 bridgehead atoms. The quantitative estimate of drug-likeness (QED) is 0.291. The summed E-state index contributed by atoms with van der Waals surface area (Å²) in [7, 11) is -3.32. The molecule has 4 N–H and O–H groups in total. The lowest BCUT2D eigenvalue weighted by Gasteiger charge is -2.35. The molecule has 3 atom stereocenters. The van der Waals surface area contributed by atoms with E-state index in [1.165, 1.54) is 22.7 Å². The van der Waals surface area contributed by atoms with E-state index in [1.54, 1.807) is 40.4 Å². The van der Waals surface area contributed by atoms with Crippen LogP contribution in [0.5, 0.6) is 0 Å². The van der Waals surface area contributed by atoms with E-state index < -0.39 is 16.1 Å². The van der Waals surface area contributed by atoms with E-state index in [4.69, 9.17) is 0 Å². The van der Waals surface area contributed by atoms with Crippen molar-refractivity contribution in [3.63, 3.8) is 0 Å². The van der Waals surface area contributed by atoms with E-state index in [0.29, 0.717) is 36.9 Å². The van der Waals surface area contributed by atoms with Gasteiger partial charge in [0.1, 0.15) is 11.9 Å². The fourth-order valence-electron chi connectivity index (χ4n) is 5.23. The summed E-state index contributed by atoms with van der Waals surface area (Å²) in [5.41, 5.74) is 8.17. The van der Waals surface area contributed by atoms with Crippen molar-refractivity contribution in [3.8, 4) is 0 Å². The number of halogens is 1. The van der Waals surface area contributed by atoms with Crippen LogP contribution in [0.15, 0.2) is 60.9 Å². The van der Waals surface area contributed by atoms with Gasteiger partial charge in [0.2, 0.25) is 15.9 Å². The molecule has 0 unspecified atom stereocenters. The number of carbonyl (C=O) groups is 2. The second kappa shape index (κ2) is 12.6. The maximum atomic E-state index is 13.5. The van der Waals surface area contributed by atoms with Gasteiger partial charge in [0.15, 0.2) is 0 Å². The van der Waals surface area contributed by atoms with Crippen LogP contribution in [0.4, 0.5) is 10.1 Å². The van der Waals surface area contributed by atoms with Crippen LogP contribution in [-0.2, 0) is 14.8 Å². The van der Waals surface area contributed by atoms with Gasteiger partial charge in [-0.25, -0.2) is 12.8 Å². The highest BCUT2D eigenvalue weighted by molar-refractivity contribution is 7.88. The molecule has 1 aliphatic carbocycles. The zero-order chi connectivity index (χ0) is 29.0. The van der Waals surface area contributed by atoms with Crippen LogP contribution in [0.1, 0.15) is 41.1 Å². The maximum absolute atomic E-state index is 13.5. The number of piperazine rings is 1. The summed E-state index contributed by atoms with van der Waals surface area (Å²) in [6.07, 6.45) is 6.79. The summed E-state index contributed by atoms with van der Waals surface area (Å²) in [6, 6.07) is 13.2. The molecule has 2 aromatic rings. The second-order valence-corrected chi connectivity index (χ2v) is 12.6. The molecular weight excluding hydrogens is 549 g/mol. The van der Waals surface area contributed by atoms with Crippen LogP contribution in [0.3, 0.4) is 0 Å². The molecule has 2 aliphatic heterocycles. The topological polar surface area (TPSA) is 126 Å². The summed E-state index contributed by atoms with van der Waals surface area (Å²) in [6.45, 7) is 1.68. The molecule has 1 saturated heterocycles. The van der Waals surface area contributed by atoms with E-state index in [1.807, 2.05) is 18.3 Å². The van der Waals surface area contributed by atoms with Gasteiger partial charge in [0.25, 0.3) is 5.91 Å². The van der Waals surface area contributed by atoms with Gasteiger partial charge in [-0.2, -0.15) is 4.31 Å². The highest BCUT2D eigenvalue weighted by Gasteiger charge is 2.38. The van der Waals surface area contributed by atoms with Crippen LogP contribution in [-0.4, -0.2) is 80.5 Å². The van der Waals surface area contributed by atoms with Crippen molar-refractivity contribution in [2.24, 2.45) is 0 Å². The Morgan fingerprint density at radius 1 is 1.05 bits per heavy atom. The van der Waals surface area contributed by atoms with Gasteiger partial charge in [-0.05, 0) is 67.8 Å². The average Bonchev–Trinajstić information content (AvgIpc) is 3.52.